The van der Waals surface area contributed by atoms with Crippen molar-refractivity contribution < 1.29 is 18.7 Å². The molecule has 0 aliphatic heterocycles. The van der Waals surface area contributed by atoms with Crippen molar-refractivity contribution in [3.63, 3.8) is 0 Å². The van der Waals surface area contributed by atoms with E-state index in [4.69, 9.17) is 10.8 Å². The van der Waals surface area contributed by atoms with Crippen LogP contribution < -0.4 is 5.73 Å². The first-order valence-corrected chi connectivity index (χ1v) is 6.80. The lowest BCUT2D eigenvalue weighted by atomic mass is 9.91. The molecular formula is C15H21F2NO2. The lowest BCUT2D eigenvalue weighted by Crippen LogP contribution is -2.25. The summed E-state index contributed by atoms with van der Waals surface area (Å²) in [6.07, 6.45) is 2.69. The predicted molar refractivity (Wildman–Crippen MR) is 73.3 cm³/mol. The minimum atomic E-state index is -0.869. The molecule has 5 heteroatoms. The molecule has 1 aromatic rings. The topological polar surface area (TPSA) is 63.3 Å². The molecule has 112 valence electrons. The number of rotatable bonds is 8. The Morgan fingerprint density at radius 1 is 1.30 bits per heavy atom. The Morgan fingerprint density at radius 2 is 1.90 bits per heavy atom. The van der Waals surface area contributed by atoms with Crippen LogP contribution in [0.2, 0.25) is 0 Å². The number of hydrogen-bond donors (Lipinski definition) is 2. The van der Waals surface area contributed by atoms with Crippen molar-refractivity contribution in [3.8, 4) is 0 Å². The lowest BCUT2D eigenvalue weighted by Gasteiger charge is -2.16. The molecule has 0 aromatic heterocycles. The van der Waals surface area contributed by atoms with Gasteiger partial charge in [0.2, 0.25) is 0 Å². The van der Waals surface area contributed by atoms with Gasteiger partial charge in [0.15, 0.2) is 0 Å². The molecular weight excluding hydrogens is 264 g/mol. The maximum absolute atomic E-state index is 13.0. The third-order valence-electron chi connectivity index (χ3n) is 3.41. The lowest BCUT2D eigenvalue weighted by molar-refractivity contribution is -0.141. The molecule has 1 aromatic carbocycles. The van der Waals surface area contributed by atoms with Crippen LogP contribution in [-0.4, -0.2) is 17.6 Å². The third kappa shape index (κ3) is 5.65. The van der Waals surface area contributed by atoms with Gasteiger partial charge in [0, 0.05) is 12.6 Å². The maximum Gasteiger partial charge on any atom is 0.307 e. The highest BCUT2D eigenvalue weighted by atomic mass is 19.1. The number of aliphatic carboxylic acids is 1. The van der Waals surface area contributed by atoms with Gasteiger partial charge in [-0.1, -0.05) is 13.3 Å². The van der Waals surface area contributed by atoms with E-state index < -0.39 is 23.5 Å². The number of hydrogen-bond acceptors (Lipinski definition) is 2. The fourth-order valence-electron chi connectivity index (χ4n) is 2.31. The van der Waals surface area contributed by atoms with Crippen LogP contribution in [0, 0.1) is 23.5 Å². The van der Waals surface area contributed by atoms with Crippen LogP contribution in [0.4, 0.5) is 8.78 Å². The number of benzene rings is 1. The zero-order chi connectivity index (χ0) is 15.1. The summed E-state index contributed by atoms with van der Waals surface area (Å²) in [6.45, 7) is 2.10. The van der Waals surface area contributed by atoms with Crippen LogP contribution in [0.5, 0.6) is 0 Å². The molecule has 3 N–H and O–H groups in total. The smallest absolute Gasteiger partial charge is 0.307 e. The van der Waals surface area contributed by atoms with E-state index in [-0.39, 0.29) is 12.5 Å². The molecule has 2 atom stereocenters. The molecule has 1 rings (SSSR count). The van der Waals surface area contributed by atoms with E-state index in [1.807, 2.05) is 6.92 Å². The molecule has 0 amide bonds. The van der Waals surface area contributed by atoms with E-state index in [0.717, 1.165) is 18.9 Å². The Bertz CT molecular complexity index is 431. The molecule has 3 nitrogen and oxygen atoms in total. The van der Waals surface area contributed by atoms with Gasteiger partial charge in [-0.2, -0.15) is 0 Å². The second-order valence-electron chi connectivity index (χ2n) is 5.28. The summed E-state index contributed by atoms with van der Waals surface area (Å²) in [4.78, 5) is 10.9. The molecule has 2 unspecified atom stereocenters. The minimum Gasteiger partial charge on any atom is -0.481 e. The number of carbonyl (C=O) groups is 1. The van der Waals surface area contributed by atoms with Gasteiger partial charge in [0.05, 0.1) is 5.92 Å². The Hall–Kier alpha value is -1.49. The van der Waals surface area contributed by atoms with Crippen molar-refractivity contribution in [1.82, 2.24) is 0 Å². The summed E-state index contributed by atoms with van der Waals surface area (Å²) in [5.74, 6) is -2.30. The number of halogens is 2. The summed E-state index contributed by atoms with van der Waals surface area (Å²) in [5, 5.41) is 8.92. The Kier molecular flexibility index (Phi) is 6.58. The van der Waals surface area contributed by atoms with Crippen molar-refractivity contribution >= 4 is 5.97 Å². The molecule has 0 heterocycles. The van der Waals surface area contributed by atoms with Crippen LogP contribution >= 0.6 is 0 Å². The maximum atomic E-state index is 13.0. The zero-order valence-corrected chi connectivity index (χ0v) is 11.6. The number of carboxylic acid groups (broad SMARTS) is 1. The van der Waals surface area contributed by atoms with Crippen LogP contribution in [-0.2, 0) is 11.2 Å². The van der Waals surface area contributed by atoms with Crippen LogP contribution in [0.3, 0.4) is 0 Å². The average Bonchev–Trinajstić information content (AvgIpc) is 2.34. The summed E-state index contributed by atoms with van der Waals surface area (Å²) in [5.41, 5.74) is 6.04. The normalized spacial score (nSPS) is 14.0. The molecule has 0 radical (unpaired) electrons. The largest absolute Gasteiger partial charge is 0.481 e. The van der Waals surface area contributed by atoms with Gasteiger partial charge in [0.25, 0.3) is 0 Å². The van der Waals surface area contributed by atoms with E-state index >= 15 is 0 Å². The molecule has 0 spiro atoms. The Balaban J connectivity index is 2.38. The van der Waals surface area contributed by atoms with Gasteiger partial charge in [0.1, 0.15) is 11.6 Å². The van der Waals surface area contributed by atoms with Crippen molar-refractivity contribution in [2.45, 2.75) is 32.6 Å². The zero-order valence-electron chi connectivity index (χ0n) is 11.6. The SMILES string of the molecule is CC(CCCc1cc(F)cc(F)c1)CC(CN)C(=O)O. The molecule has 0 aliphatic carbocycles. The summed E-state index contributed by atoms with van der Waals surface area (Å²) >= 11 is 0. The highest BCUT2D eigenvalue weighted by molar-refractivity contribution is 5.70. The number of aryl methyl sites for hydroxylation is 1. The van der Waals surface area contributed by atoms with Crippen molar-refractivity contribution in [3.05, 3.63) is 35.4 Å². The molecule has 20 heavy (non-hydrogen) atoms. The van der Waals surface area contributed by atoms with E-state index in [2.05, 4.69) is 0 Å². The summed E-state index contributed by atoms with van der Waals surface area (Å²) < 4.78 is 26.0. The molecule has 0 saturated carbocycles. The van der Waals surface area contributed by atoms with Crippen molar-refractivity contribution in [2.24, 2.45) is 17.6 Å². The standard InChI is InChI=1S/C15H21F2NO2/c1-10(5-12(9-18)15(19)20)3-2-4-11-6-13(16)8-14(17)7-11/h6-8,10,12H,2-5,9,18H2,1H3,(H,19,20). The van der Waals surface area contributed by atoms with Gasteiger partial charge in [-0.25, -0.2) is 8.78 Å². The first-order chi connectivity index (χ1) is 9.42. The van der Waals surface area contributed by atoms with E-state index in [0.29, 0.717) is 18.4 Å². The van der Waals surface area contributed by atoms with Crippen LogP contribution in [0.25, 0.3) is 0 Å². The highest BCUT2D eigenvalue weighted by Gasteiger charge is 2.18. The monoisotopic (exact) mass is 285 g/mol. The third-order valence-corrected chi connectivity index (χ3v) is 3.41. The number of carboxylic acids is 1. The fourth-order valence-corrected chi connectivity index (χ4v) is 2.31. The van der Waals surface area contributed by atoms with E-state index in [1.54, 1.807) is 0 Å². The second kappa shape index (κ2) is 7.94. The molecule has 0 fully saturated rings. The van der Waals surface area contributed by atoms with Crippen molar-refractivity contribution in [2.75, 3.05) is 6.54 Å². The van der Waals surface area contributed by atoms with Gasteiger partial charge < -0.3 is 10.8 Å². The van der Waals surface area contributed by atoms with Gasteiger partial charge in [-0.15, -0.1) is 0 Å². The van der Waals surface area contributed by atoms with Crippen molar-refractivity contribution in [1.29, 1.82) is 0 Å². The predicted octanol–water partition coefficient (Wildman–Crippen LogP) is 2.97. The molecule has 0 aliphatic rings. The Labute approximate surface area is 117 Å². The summed E-state index contributed by atoms with van der Waals surface area (Å²) in [6, 6.07) is 3.51. The van der Waals surface area contributed by atoms with Gasteiger partial charge in [-0.05, 0) is 42.9 Å². The first kappa shape index (κ1) is 16.6. The highest BCUT2D eigenvalue weighted by Crippen LogP contribution is 2.19. The fraction of sp³-hybridized carbons (Fsp3) is 0.533. The minimum absolute atomic E-state index is 0.134. The second-order valence-corrected chi connectivity index (χ2v) is 5.28. The molecule has 0 bridgehead atoms. The first-order valence-electron chi connectivity index (χ1n) is 6.80. The number of nitrogens with two attached hydrogens (primary N) is 1. The average molecular weight is 285 g/mol. The quantitative estimate of drug-likeness (QED) is 0.772. The molecule has 0 saturated heterocycles. The van der Waals surface area contributed by atoms with E-state index in [1.165, 1.54) is 12.1 Å². The Morgan fingerprint density at radius 3 is 2.40 bits per heavy atom. The summed E-state index contributed by atoms with van der Waals surface area (Å²) in [7, 11) is 0. The van der Waals surface area contributed by atoms with Gasteiger partial charge >= 0.3 is 5.97 Å². The van der Waals surface area contributed by atoms with E-state index in [9.17, 15) is 13.6 Å². The van der Waals surface area contributed by atoms with Crippen LogP contribution in [0.15, 0.2) is 18.2 Å². The van der Waals surface area contributed by atoms with Gasteiger partial charge in [-0.3, -0.25) is 4.79 Å². The van der Waals surface area contributed by atoms with Crippen LogP contribution in [0.1, 0.15) is 31.7 Å².